The van der Waals surface area contributed by atoms with E-state index in [-0.39, 0.29) is 36.8 Å². The lowest BCUT2D eigenvalue weighted by Gasteiger charge is -2.65. The lowest BCUT2D eigenvalue weighted by molar-refractivity contribution is -0.220. The van der Waals surface area contributed by atoms with Crippen LogP contribution in [0.5, 0.6) is 5.75 Å². The number of methoxy groups -OCH3 is 2. The molecule has 342 valence electrons. The van der Waals surface area contributed by atoms with Gasteiger partial charge in [0.05, 0.1) is 20.3 Å². The Morgan fingerprint density at radius 3 is 2.51 bits per heavy atom. The average Bonchev–Trinajstić information content (AvgIpc) is 3.98. The highest BCUT2D eigenvalue weighted by Crippen LogP contribution is 2.68. The maximum absolute atomic E-state index is 15.5. The molecule has 4 aromatic rings. The number of ether oxygens (including phenoxy) is 3. The van der Waals surface area contributed by atoms with E-state index < -0.39 is 40.0 Å². The van der Waals surface area contributed by atoms with Gasteiger partial charge in [-0.2, -0.15) is 0 Å². The summed E-state index contributed by atoms with van der Waals surface area (Å²) in [7, 11) is 5.19. The van der Waals surface area contributed by atoms with Gasteiger partial charge < -0.3 is 34.5 Å². The highest BCUT2D eigenvalue weighted by molar-refractivity contribution is 5.95. The molecule has 1 amide bonds. The van der Waals surface area contributed by atoms with Crippen molar-refractivity contribution in [2.24, 2.45) is 11.3 Å². The van der Waals surface area contributed by atoms with Crippen LogP contribution in [0.25, 0.3) is 10.9 Å². The van der Waals surface area contributed by atoms with Crippen LogP contribution in [0, 0.1) is 11.3 Å². The van der Waals surface area contributed by atoms with Gasteiger partial charge in [0.1, 0.15) is 22.9 Å². The van der Waals surface area contributed by atoms with Gasteiger partial charge in [0, 0.05) is 103 Å². The van der Waals surface area contributed by atoms with Crippen molar-refractivity contribution in [2.45, 2.75) is 93.9 Å². The highest BCUT2D eigenvalue weighted by Gasteiger charge is 2.77. The molecule has 9 atom stereocenters. The first kappa shape index (κ1) is 43.5. The summed E-state index contributed by atoms with van der Waals surface area (Å²) in [4.78, 5) is 53.4. The first-order valence-electron chi connectivity index (χ1n) is 23.6. The maximum Gasteiger partial charge on any atom is 0.322 e. The summed E-state index contributed by atoms with van der Waals surface area (Å²) < 4.78 is 19.0. The number of nitrogens with zero attached hydrogens (tertiary/aromatic N) is 3. The lowest BCUT2D eigenvalue weighted by atomic mass is 9.47. The number of benzene rings is 3. The number of carbonyl (C=O) groups is 3. The number of fused-ring (bicyclic) bond motifs is 6. The second kappa shape index (κ2) is 16.2. The third-order valence-corrected chi connectivity index (χ3v) is 16.5. The Balaban J connectivity index is 1.21. The number of amides is 1. The van der Waals surface area contributed by atoms with Crippen LogP contribution >= 0.6 is 0 Å². The molecule has 0 radical (unpaired) electrons. The molecule has 5 aliphatic heterocycles. The van der Waals surface area contributed by atoms with Gasteiger partial charge in [-0.25, -0.2) is 0 Å². The number of anilines is 1. The van der Waals surface area contributed by atoms with Gasteiger partial charge in [-0.15, -0.1) is 0 Å². The molecule has 2 bridgehead atoms. The topological polar surface area (TPSA) is 137 Å². The van der Waals surface area contributed by atoms with E-state index in [4.69, 9.17) is 14.2 Å². The molecule has 3 aromatic carbocycles. The van der Waals surface area contributed by atoms with Crippen LogP contribution < -0.4 is 15.0 Å². The number of para-hydroxylation sites is 1. The zero-order valence-electron chi connectivity index (χ0n) is 38.6. The van der Waals surface area contributed by atoms with Crippen molar-refractivity contribution in [3.05, 3.63) is 118 Å². The van der Waals surface area contributed by atoms with Crippen LogP contribution in [0.3, 0.4) is 0 Å². The average molecular weight is 882 g/mol. The predicted octanol–water partition coefficient (Wildman–Crippen LogP) is 6.44. The molecule has 65 heavy (non-hydrogen) atoms. The van der Waals surface area contributed by atoms with Crippen LogP contribution in [0.2, 0.25) is 0 Å². The fourth-order valence-electron chi connectivity index (χ4n) is 14.2. The van der Waals surface area contributed by atoms with Crippen molar-refractivity contribution >= 4 is 34.4 Å². The van der Waals surface area contributed by atoms with Crippen molar-refractivity contribution in [3.63, 3.8) is 0 Å². The highest BCUT2D eigenvalue weighted by atomic mass is 16.6. The van der Waals surface area contributed by atoms with Crippen LogP contribution in [-0.2, 0) is 36.3 Å². The molecule has 12 heteroatoms. The number of nitrogens with one attached hydrogen (secondary N) is 2. The third kappa shape index (κ3) is 6.29. The molecule has 12 nitrogen and oxygen atoms in total. The van der Waals surface area contributed by atoms with E-state index in [1.807, 2.05) is 31.3 Å². The molecule has 1 unspecified atom stereocenters. The third-order valence-electron chi connectivity index (χ3n) is 16.5. The quantitative estimate of drug-likeness (QED) is 0.121. The SMILES string of the molecule is CCC1=C[C@H]2CN(CCc3c([nH]c4ccccc34)[C@@](C(=O)OC)(c3cc4c(cc3OC)N(C)[C@H]3[C@@](O)(CCNC(=O)c5ccccc5)[C@H](OC(C)=O)[C@]5(CC)C=CCN6CC[C@]43[C@@H]65)C2)C1. The van der Waals surface area contributed by atoms with Crippen molar-refractivity contribution in [1.82, 2.24) is 20.1 Å². The van der Waals surface area contributed by atoms with Gasteiger partial charge in [-0.1, -0.05) is 74.0 Å². The first-order valence-corrected chi connectivity index (χ1v) is 23.6. The van der Waals surface area contributed by atoms with E-state index in [9.17, 15) is 14.7 Å². The second-order valence-corrected chi connectivity index (χ2v) is 19.5. The summed E-state index contributed by atoms with van der Waals surface area (Å²) >= 11 is 0. The summed E-state index contributed by atoms with van der Waals surface area (Å²) in [6.07, 6.45) is 9.39. The molecule has 1 saturated carbocycles. The minimum absolute atomic E-state index is 0.0373. The first-order chi connectivity index (χ1) is 31.4. The number of hydrogen-bond donors (Lipinski definition) is 3. The summed E-state index contributed by atoms with van der Waals surface area (Å²) in [5, 5.41) is 18.1. The molecular weight excluding hydrogens is 819 g/mol. The van der Waals surface area contributed by atoms with Crippen LogP contribution in [-0.4, -0.2) is 122 Å². The zero-order valence-corrected chi connectivity index (χ0v) is 38.6. The van der Waals surface area contributed by atoms with E-state index in [0.29, 0.717) is 30.6 Å². The number of esters is 2. The zero-order chi connectivity index (χ0) is 45.5. The van der Waals surface area contributed by atoms with Crippen molar-refractivity contribution < 1.29 is 33.7 Å². The molecule has 2 fully saturated rings. The molecular formula is C53H63N5O7. The molecule has 6 heterocycles. The minimum Gasteiger partial charge on any atom is -0.496 e. The Bertz CT molecular complexity index is 2610. The Morgan fingerprint density at radius 1 is 0.985 bits per heavy atom. The van der Waals surface area contributed by atoms with Crippen LogP contribution in [0.4, 0.5) is 5.69 Å². The van der Waals surface area contributed by atoms with Gasteiger partial charge in [0.15, 0.2) is 0 Å². The van der Waals surface area contributed by atoms with E-state index in [2.05, 4.69) is 87.4 Å². The second-order valence-electron chi connectivity index (χ2n) is 19.5. The van der Waals surface area contributed by atoms with E-state index >= 15 is 4.79 Å². The largest absolute Gasteiger partial charge is 0.496 e. The molecule has 1 saturated heterocycles. The van der Waals surface area contributed by atoms with Crippen molar-refractivity contribution in [2.75, 3.05) is 65.4 Å². The Labute approximate surface area is 382 Å². The van der Waals surface area contributed by atoms with Gasteiger partial charge in [-0.3, -0.25) is 24.2 Å². The lowest BCUT2D eigenvalue weighted by Crippen LogP contribution is -2.79. The summed E-state index contributed by atoms with van der Waals surface area (Å²) in [6, 6.07) is 20.9. The number of aliphatic hydroxyl groups is 1. The number of aromatic amines is 1. The smallest absolute Gasteiger partial charge is 0.322 e. The Kier molecular flexibility index (Phi) is 10.8. The molecule has 1 aromatic heterocycles. The molecule has 3 N–H and O–H groups in total. The fraction of sp³-hybridized carbons (Fsp3) is 0.491. The Morgan fingerprint density at radius 2 is 1.77 bits per heavy atom. The van der Waals surface area contributed by atoms with Crippen molar-refractivity contribution in [1.29, 1.82) is 0 Å². The number of carbonyl (C=O) groups excluding carboxylic acids is 3. The minimum atomic E-state index is -1.66. The number of hydrogen-bond acceptors (Lipinski definition) is 10. The Hall–Kier alpha value is -5.43. The molecule has 1 spiro atoms. The number of H-pyrrole nitrogens is 1. The number of aromatic nitrogens is 1. The molecule has 1 aliphatic carbocycles. The van der Waals surface area contributed by atoms with Crippen molar-refractivity contribution in [3.8, 4) is 5.75 Å². The summed E-state index contributed by atoms with van der Waals surface area (Å²) in [5.74, 6) is -0.466. The van der Waals surface area contributed by atoms with Gasteiger partial charge in [0.25, 0.3) is 5.91 Å². The number of likely N-dealkylation sites (N-methyl/N-ethyl adjacent to an activating group) is 1. The summed E-state index contributed by atoms with van der Waals surface area (Å²) in [6.45, 7) is 9.95. The molecule has 10 rings (SSSR count). The maximum atomic E-state index is 15.5. The molecule has 6 aliphatic rings. The number of rotatable bonds is 10. The normalized spacial score (nSPS) is 32.2. The monoisotopic (exact) mass is 881 g/mol. The fourth-order valence-corrected chi connectivity index (χ4v) is 14.2. The van der Waals surface area contributed by atoms with Gasteiger partial charge >= 0.3 is 11.9 Å². The van der Waals surface area contributed by atoms with E-state index in [1.165, 1.54) is 19.6 Å². The van der Waals surface area contributed by atoms with Crippen LogP contribution in [0.15, 0.2) is 90.5 Å². The van der Waals surface area contributed by atoms with Gasteiger partial charge in [0.2, 0.25) is 0 Å². The van der Waals surface area contributed by atoms with E-state index in [1.54, 1.807) is 19.2 Å². The van der Waals surface area contributed by atoms with Crippen LogP contribution in [0.1, 0.15) is 85.6 Å². The predicted molar refractivity (Wildman–Crippen MR) is 250 cm³/mol. The summed E-state index contributed by atoms with van der Waals surface area (Å²) in [5.41, 5.74) is 2.99. The van der Waals surface area contributed by atoms with E-state index in [0.717, 1.165) is 84.5 Å². The van der Waals surface area contributed by atoms with Gasteiger partial charge in [-0.05, 0) is 86.4 Å². The standard InChI is InChI=1S/C53H63N5O7/c1-7-34-27-35-30-52(49(61)64-6,44-38(19-25-57(31-34)32-35)37-17-12-13-18-41(37)55-44)40-28-39-42(29-43(40)63-5)56(4)47-51(39)22-26-58-24-14-20-50(8-2,46(51)58)48(65-33(3)59)53(47,62)21-23-54-45(60)36-15-10-9-11-16-36/h9-18,20,27-29,35,46-48,55,62H,7-8,19,21-26,30-32H2,1-6H3,(H,54,60)/t35-,46+,47-,48-,50-,51-,52+,53+/m1/s1.